The number of anilines is 1. The maximum Gasteiger partial charge on any atom is 0.420 e. The number of imidazole rings is 1. The van der Waals surface area contributed by atoms with Gasteiger partial charge in [0.05, 0.1) is 11.0 Å². The summed E-state index contributed by atoms with van der Waals surface area (Å²) in [5, 5.41) is 2.70. The van der Waals surface area contributed by atoms with Gasteiger partial charge in [0, 0.05) is 10.2 Å². The maximum atomic E-state index is 12.9. The number of ether oxygens (including phenoxy) is 2. The standard InChI is InChI=1S/C25H28BrN3O4/c1-24(2,3)32-22(30)27-18-11-7-16(8-12-18)9-14-21-28-19-13-10-17(26)15-20(19)29(21)23(31)33-25(4,5)6/h7-15H,1-6H3,(H,27,30)/b14-9+. The van der Waals surface area contributed by atoms with Crippen LogP contribution in [-0.2, 0) is 9.47 Å². The molecule has 1 amide bonds. The molecule has 0 aliphatic carbocycles. The Bertz CT molecular complexity index is 1200. The minimum atomic E-state index is -0.641. The lowest BCUT2D eigenvalue weighted by Crippen LogP contribution is -2.27. The summed E-state index contributed by atoms with van der Waals surface area (Å²) in [5.41, 5.74) is 1.61. The fourth-order valence-electron chi connectivity index (χ4n) is 2.95. The number of amides is 1. The molecule has 33 heavy (non-hydrogen) atoms. The highest BCUT2D eigenvalue weighted by atomic mass is 79.9. The first-order valence-electron chi connectivity index (χ1n) is 10.5. The number of carbonyl (C=O) groups excluding carboxylic acids is 2. The van der Waals surface area contributed by atoms with Gasteiger partial charge in [-0.25, -0.2) is 19.1 Å². The van der Waals surface area contributed by atoms with E-state index >= 15 is 0 Å². The summed E-state index contributed by atoms with van der Waals surface area (Å²) < 4.78 is 13.1. The molecule has 0 saturated heterocycles. The second kappa shape index (κ2) is 9.39. The molecule has 0 radical (unpaired) electrons. The number of halogens is 1. The van der Waals surface area contributed by atoms with Crippen molar-refractivity contribution in [3.05, 3.63) is 58.3 Å². The van der Waals surface area contributed by atoms with Gasteiger partial charge in [-0.05, 0) is 83.5 Å². The third-order valence-corrected chi connectivity index (χ3v) is 4.69. The zero-order chi connectivity index (χ0) is 24.4. The van der Waals surface area contributed by atoms with E-state index < -0.39 is 23.4 Å². The van der Waals surface area contributed by atoms with E-state index in [4.69, 9.17) is 9.47 Å². The van der Waals surface area contributed by atoms with Crippen molar-refractivity contribution in [2.45, 2.75) is 52.7 Å². The van der Waals surface area contributed by atoms with E-state index in [-0.39, 0.29) is 0 Å². The zero-order valence-electron chi connectivity index (χ0n) is 19.6. The topological polar surface area (TPSA) is 82.5 Å². The molecule has 0 spiro atoms. The van der Waals surface area contributed by atoms with Crippen molar-refractivity contribution in [2.24, 2.45) is 0 Å². The Kier molecular flexibility index (Phi) is 6.97. The van der Waals surface area contributed by atoms with Gasteiger partial charge < -0.3 is 9.47 Å². The quantitative estimate of drug-likeness (QED) is 0.403. The largest absolute Gasteiger partial charge is 0.444 e. The van der Waals surface area contributed by atoms with Crippen LogP contribution in [0.25, 0.3) is 23.2 Å². The molecular weight excluding hydrogens is 486 g/mol. The molecule has 174 valence electrons. The lowest BCUT2D eigenvalue weighted by atomic mass is 10.2. The summed E-state index contributed by atoms with van der Waals surface area (Å²) >= 11 is 3.45. The Hall–Kier alpha value is -3.13. The lowest BCUT2D eigenvalue weighted by Gasteiger charge is -2.20. The van der Waals surface area contributed by atoms with Crippen LogP contribution >= 0.6 is 15.9 Å². The van der Waals surface area contributed by atoms with Crippen LogP contribution < -0.4 is 5.32 Å². The first-order valence-corrected chi connectivity index (χ1v) is 11.3. The van der Waals surface area contributed by atoms with Crippen LogP contribution in [0.3, 0.4) is 0 Å². The number of hydrogen-bond acceptors (Lipinski definition) is 5. The van der Waals surface area contributed by atoms with Crippen molar-refractivity contribution < 1.29 is 19.1 Å². The van der Waals surface area contributed by atoms with E-state index in [1.807, 2.05) is 78.0 Å². The Morgan fingerprint density at radius 2 is 1.58 bits per heavy atom. The normalized spacial score (nSPS) is 12.2. The molecule has 2 aromatic carbocycles. The molecule has 8 heteroatoms. The molecule has 1 aromatic heterocycles. The molecular formula is C25H28BrN3O4. The van der Waals surface area contributed by atoms with E-state index in [1.54, 1.807) is 18.2 Å². The highest BCUT2D eigenvalue weighted by Gasteiger charge is 2.22. The van der Waals surface area contributed by atoms with Crippen molar-refractivity contribution in [3.63, 3.8) is 0 Å². The summed E-state index contributed by atoms with van der Waals surface area (Å²) in [6, 6.07) is 12.8. The van der Waals surface area contributed by atoms with E-state index in [1.165, 1.54) is 4.57 Å². The predicted octanol–water partition coefficient (Wildman–Crippen LogP) is 7.10. The molecule has 1 N–H and O–H groups in total. The van der Waals surface area contributed by atoms with Crippen molar-refractivity contribution in [2.75, 3.05) is 5.32 Å². The van der Waals surface area contributed by atoms with E-state index in [0.717, 1.165) is 10.0 Å². The molecule has 3 aromatic rings. The molecule has 0 aliphatic rings. The van der Waals surface area contributed by atoms with Crippen LogP contribution in [0.2, 0.25) is 0 Å². The zero-order valence-corrected chi connectivity index (χ0v) is 21.2. The highest BCUT2D eigenvalue weighted by Crippen LogP contribution is 2.24. The number of hydrogen-bond donors (Lipinski definition) is 1. The van der Waals surface area contributed by atoms with Gasteiger partial charge in [0.15, 0.2) is 0 Å². The number of nitrogens with zero attached hydrogens (tertiary/aromatic N) is 2. The summed E-state index contributed by atoms with van der Waals surface area (Å²) in [7, 11) is 0. The Morgan fingerprint density at radius 1 is 0.939 bits per heavy atom. The van der Waals surface area contributed by atoms with Crippen LogP contribution in [0.4, 0.5) is 15.3 Å². The second-order valence-corrected chi connectivity index (χ2v) is 10.4. The van der Waals surface area contributed by atoms with Crippen LogP contribution in [-0.4, -0.2) is 32.9 Å². The fourth-order valence-corrected chi connectivity index (χ4v) is 3.30. The molecule has 0 bridgehead atoms. The Morgan fingerprint density at radius 3 is 2.18 bits per heavy atom. The predicted molar refractivity (Wildman–Crippen MR) is 134 cm³/mol. The van der Waals surface area contributed by atoms with E-state index in [2.05, 4.69) is 26.2 Å². The maximum absolute atomic E-state index is 12.9. The Balaban J connectivity index is 1.85. The molecule has 7 nitrogen and oxygen atoms in total. The van der Waals surface area contributed by atoms with Crippen LogP contribution in [0.5, 0.6) is 0 Å². The SMILES string of the molecule is CC(C)(C)OC(=O)Nc1ccc(/C=C/c2nc3ccc(Br)cc3n2C(=O)OC(C)(C)C)cc1. The number of rotatable bonds is 3. The van der Waals surface area contributed by atoms with Gasteiger partial charge in [-0.1, -0.05) is 34.1 Å². The van der Waals surface area contributed by atoms with Gasteiger partial charge in [0.1, 0.15) is 17.0 Å². The first kappa shape index (κ1) is 24.5. The first-order chi connectivity index (χ1) is 15.3. The number of carbonyl (C=O) groups is 2. The summed E-state index contributed by atoms with van der Waals surface area (Å²) in [5.74, 6) is 0.452. The lowest BCUT2D eigenvalue weighted by molar-refractivity contribution is 0.0541. The van der Waals surface area contributed by atoms with Gasteiger partial charge in [-0.3, -0.25) is 5.32 Å². The third kappa shape index (κ3) is 6.92. The highest BCUT2D eigenvalue weighted by molar-refractivity contribution is 9.10. The monoisotopic (exact) mass is 513 g/mol. The third-order valence-electron chi connectivity index (χ3n) is 4.20. The number of benzene rings is 2. The van der Waals surface area contributed by atoms with E-state index in [9.17, 15) is 9.59 Å². The molecule has 0 unspecified atom stereocenters. The molecule has 3 rings (SSSR count). The molecule has 0 saturated carbocycles. The number of fused-ring (bicyclic) bond motifs is 1. The smallest absolute Gasteiger partial charge is 0.420 e. The molecule has 1 heterocycles. The van der Waals surface area contributed by atoms with Crippen LogP contribution in [0, 0.1) is 0 Å². The minimum Gasteiger partial charge on any atom is -0.444 e. The average molecular weight is 514 g/mol. The molecule has 0 fully saturated rings. The molecule has 0 atom stereocenters. The average Bonchev–Trinajstić information content (AvgIpc) is 3.02. The Labute approximate surface area is 201 Å². The van der Waals surface area contributed by atoms with Crippen molar-refractivity contribution in [1.29, 1.82) is 0 Å². The van der Waals surface area contributed by atoms with Crippen LogP contribution in [0.1, 0.15) is 52.9 Å². The number of aromatic nitrogens is 2. The summed E-state index contributed by atoms with van der Waals surface area (Å²) in [6.45, 7) is 10.9. The fraction of sp³-hybridized carbons (Fsp3) is 0.320. The van der Waals surface area contributed by atoms with Crippen molar-refractivity contribution in [3.8, 4) is 0 Å². The van der Waals surface area contributed by atoms with Crippen molar-refractivity contribution >= 4 is 57.0 Å². The van der Waals surface area contributed by atoms with Crippen molar-refractivity contribution in [1.82, 2.24) is 9.55 Å². The summed E-state index contributed by atoms with van der Waals surface area (Å²) in [4.78, 5) is 29.4. The van der Waals surface area contributed by atoms with Crippen LogP contribution in [0.15, 0.2) is 46.9 Å². The van der Waals surface area contributed by atoms with Gasteiger partial charge in [0.2, 0.25) is 0 Å². The second-order valence-electron chi connectivity index (χ2n) is 9.50. The van der Waals surface area contributed by atoms with Gasteiger partial charge in [-0.15, -0.1) is 0 Å². The molecule has 0 aliphatic heterocycles. The van der Waals surface area contributed by atoms with E-state index in [0.29, 0.717) is 22.5 Å². The number of nitrogens with one attached hydrogen (secondary N) is 1. The van der Waals surface area contributed by atoms with Gasteiger partial charge in [0.25, 0.3) is 0 Å². The minimum absolute atomic E-state index is 0.452. The summed E-state index contributed by atoms with van der Waals surface area (Å²) in [6.07, 6.45) is 2.59. The van der Waals surface area contributed by atoms with Gasteiger partial charge >= 0.3 is 12.2 Å². The van der Waals surface area contributed by atoms with Gasteiger partial charge in [-0.2, -0.15) is 0 Å².